The van der Waals surface area contributed by atoms with Crippen LogP contribution in [0.5, 0.6) is 11.5 Å². The minimum Gasteiger partial charge on any atom is -0.502 e. The number of phenolic OH excluding ortho intramolecular Hbond substituents is 1. The fourth-order valence-corrected chi connectivity index (χ4v) is 3.48. The molecule has 1 fully saturated rings. The Hall–Kier alpha value is -3.02. The molecule has 0 bridgehead atoms. The SMILES string of the molecule is COc1cc(-c2cnn(-c3ccc(N4CCCCC4)cc3)c2)cc(F)c1O. The van der Waals surface area contributed by atoms with Crippen molar-refractivity contribution in [2.75, 3.05) is 25.1 Å². The van der Waals surface area contributed by atoms with Gasteiger partial charge in [0.15, 0.2) is 17.3 Å². The lowest BCUT2D eigenvalue weighted by molar-refractivity contribution is 0.357. The van der Waals surface area contributed by atoms with Crippen LogP contribution in [0.4, 0.5) is 10.1 Å². The first kappa shape index (κ1) is 17.4. The monoisotopic (exact) mass is 367 g/mol. The maximum atomic E-state index is 13.9. The first-order valence-corrected chi connectivity index (χ1v) is 9.12. The summed E-state index contributed by atoms with van der Waals surface area (Å²) in [5.74, 6) is -1.10. The van der Waals surface area contributed by atoms with E-state index < -0.39 is 11.6 Å². The van der Waals surface area contributed by atoms with Gasteiger partial charge in [0.25, 0.3) is 0 Å². The van der Waals surface area contributed by atoms with E-state index in [1.54, 1.807) is 16.9 Å². The Kier molecular flexibility index (Phi) is 4.71. The molecule has 0 atom stereocenters. The van der Waals surface area contributed by atoms with Gasteiger partial charge >= 0.3 is 0 Å². The normalized spacial score (nSPS) is 14.4. The van der Waals surface area contributed by atoms with E-state index in [4.69, 9.17) is 4.74 Å². The van der Waals surface area contributed by atoms with Crippen LogP contribution in [0.3, 0.4) is 0 Å². The smallest absolute Gasteiger partial charge is 0.194 e. The Bertz CT molecular complexity index is 931. The highest BCUT2D eigenvalue weighted by Gasteiger charge is 2.14. The summed E-state index contributed by atoms with van der Waals surface area (Å²) in [7, 11) is 1.39. The number of anilines is 1. The van der Waals surface area contributed by atoms with Gasteiger partial charge in [0.1, 0.15) is 0 Å². The topological polar surface area (TPSA) is 50.5 Å². The molecule has 4 rings (SSSR count). The second-order valence-electron chi connectivity index (χ2n) is 6.75. The lowest BCUT2D eigenvalue weighted by Gasteiger charge is -2.28. The molecule has 0 saturated carbocycles. The number of halogens is 1. The highest BCUT2D eigenvalue weighted by Crippen LogP contribution is 2.34. The number of benzene rings is 2. The molecule has 1 aliphatic rings. The number of hydrogen-bond acceptors (Lipinski definition) is 4. The van der Waals surface area contributed by atoms with Crippen molar-refractivity contribution in [1.82, 2.24) is 9.78 Å². The van der Waals surface area contributed by atoms with Gasteiger partial charge in [0, 0.05) is 30.5 Å². The summed E-state index contributed by atoms with van der Waals surface area (Å²) in [5.41, 5.74) is 3.51. The molecule has 2 aromatic carbocycles. The molecule has 6 heteroatoms. The van der Waals surface area contributed by atoms with Gasteiger partial charge in [0.2, 0.25) is 0 Å². The van der Waals surface area contributed by atoms with Crippen molar-refractivity contribution in [2.24, 2.45) is 0 Å². The first-order valence-electron chi connectivity index (χ1n) is 9.12. The molecule has 3 aromatic rings. The van der Waals surface area contributed by atoms with Crippen LogP contribution in [0.1, 0.15) is 19.3 Å². The van der Waals surface area contributed by atoms with Gasteiger partial charge in [-0.05, 0) is 61.2 Å². The lowest BCUT2D eigenvalue weighted by atomic mass is 10.1. The van der Waals surface area contributed by atoms with E-state index in [1.807, 2.05) is 18.3 Å². The second-order valence-corrected chi connectivity index (χ2v) is 6.75. The maximum absolute atomic E-state index is 13.9. The van der Waals surface area contributed by atoms with Crippen molar-refractivity contribution >= 4 is 5.69 Å². The molecule has 0 radical (unpaired) electrons. The van der Waals surface area contributed by atoms with Crippen LogP contribution in [0.15, 0.2) is 48.8 Å². The third kappa shape index (κ3) is 3.47. The van der Waals surface area contributed by atoms with Crippen molar-refractivity contribution in [1.29, 1.82) is 0 Å². The molecule has 27 heavy (non-hydrogen) atoms. The Morgan fingerprint density at radius 3 is 2.41 bits per heavy atom. The number of rotatable bonds is 4. The summed E-state index contributed by atoms with van der Waals surface area (Å²) in [6.07, 6.45) is 7.31. The van der Waals surface area contributed by atoms with E-state index in [0.29, 0.717) is 5.56 Å². The van der Waals surface area contributed by atoms with E-state index >= 15 is 0 Å². The van der Waals surface area contributed by atoms with Gasteiger partial charge in [-0.25, -0.2) is 9.07 Å². The van der Waals surface area contributed by atoms with E-state index in [1.165, 1.54) is 38.1 Å². The summed E-state index contributed by atoms with van der Waals surface area (Å²) < 4.78 is 20.7. The van der Waals surface area contributed by atoms with Crippen LogP contribution >= 0.6 is 0 Å². The molecular weight excluding hydrogens is 345 g/mol. The summed E-state index contributed by atoms with van der Waals surface area (Å²) in [6, 6.07) is 11.2. The van der Waals surface area contributed by atoms with E-state index in [2.05, 4.69) is 22.1 Å². The molecule has 140 valence electrons. The quantitative estimate of drug-likeness (QED) is 0.743. The van der Waals surface area contributed by atoms with Gasteiger partial charge in [-0.1, -0.05) is 0 Å². The average Bonchev–Trinajstić information content (AvgIpc) is 3.21. The van der Waals surface area contributed by atoms with Gasteiger partial charge in [-0.2, -0.15) is 5.10 Å². The average molecular weight is 367 g/mol. The molecule has 0 amide bonds. The van der Waals surface area contributed by atoms with Gasteiger partial charge in [-0.3, -0.25) is 0 Å². The largest absolute Gasteiger partial charge is 0.502 e. The Morgan fingerprint density at radius 2 is 1.70 bits per heavy atom. The number of methoxy groups -OCH3 is 1. The number of nitrogens with zero attached hydrogens (tertiary/aromatic N) is 3. The number of ether oxygens (including phenoxy) is 1. The molecule has 2 heterocycles. The molecular formula is C21H22FN3O2. The van der Waals surface area contributed by atoms with Gasteiger partial charge in [0.05, 0.1) is 19.0 Å². The highest BCUT2D eigenvalue weighted by molar-refractivity contribution is 5.66. The Morgan fingerprint density at radius 1 is 1.00 bits per heavy atom. The molecule has 0 spiro atoms. The predicted octanol–water partition coefficient (Wildman–Crippen LogP) is 4.38. The number of piperidine rings is 1. The minimum absolute atomic E-state index is 0.101. The Labute approximate surface area is 157 Å². The number of hydrogen-bond donors (Lipinski definition) is 1. The first-order chi connectivity index (χ1) is 13.2. The van der Waals surface area contributed by atoms with Crippen LogP contribution in [0.2, 0.25) is 0 Å². The fraction of sp³-hybridized carbons (Fsp3) is 0.286. The van der Waals surface area contributed by atoms with Crippen LogP contribution in [0.25, 0.3) is 16.8 Å². The molecule has 5 nitrogen and oxygen atoms in total. The number of aromatic hydroxyl groups is 1. The standard InChI is InChI=1S/C21H22FN3O2/c1-27-20-12-15(11-19(22)21(20)26)16-13-23-25(14-16)18-7-5-17(6-8-18)24-9-3-2-4-10-24/h5-8,11-14,26H,2-4,9-10H2,1H3. The molecule has 0 aliphatic carbocycles. The zero-order valence-corrected chi connectivity index (χ0v) is 15.2. The van der Waals surface area contributed by atoms with Crippen LogP contribution in [0, 0.1) is 5.82 Å². The van der Waals surface area contributed by atoms with Crippen molar-refractivity contribution < 1.29 is 14.2 Å². The van der Waals surface area contributed by atoms with Crippen LogP contribution in [-0.4, -0.2) is 35.1 Å². The third-order valence-electron chi connectivity index (χ3n) is 5.00. The van der Waals surface area contributed by atoms with Gasteiger partial charge in [-0.15, -0.1) is 0 Å². The molecule has 1 aliphatic heterocycles. The van der Waals surface area contributed by atoms with Crippen molar-refractivity contribution in [3.05, 3.63) is 54.6 Å². The predicted molar refractivity (Wildman–Crippen MR) is 103 cm³/mol. The van der Waals surface area contributed by atoms with Crippen LogP contribution < -0.4 is 9.64 Å². The van der Waals surface area contributed by atoms with E-state index in [9.17, 15) is 9.50 Å². The number of aromatic nitrogens is 2. The summed E-state index contributed by atoms with van der Waals surface area (Å²) in [5, 5.41) is 14.1. The fourth-order valence-electron chi connectivity index (χ4n) is 3.48. The number of phenols is 1. The molecule has 1 aromatic heterocycles. The van der Waals surface area contributed by atoms with E-state index in [0.717, 1.165) is 24.3 Å². The summed E-state index contributed by atoms with van der Waals surface area (Å²) >= 11 is 0. The summed E-state index contributed by atoms with van der Waals surface area (Å²) in [6.45, 7) is 2.22. The van der Waals surface area contributed by atoms with Crippen molar-refractivity contribution in [2.45, 2.75) is 19.3 Å². The summed E-state index contributed by atoms with van der Waals surface area (Å²) in [4.78, 5) is 2.41. The third-order valence-corrected chi connectivity index (χ3v) is 5.00. The molecule has 0 unspecified atom stereocenters. The van der Waals surface area contributed by atoms with Crippen molar-refractivity contribution in [3.63, 3.8) is 0 Å². The second kappa shape index (κ2) is 7.31. The van der Waals surface area contributed by atoms with Gasteiger partial charge < -0.3 is 14.7 Å². The zero-order valence-electron chi connectivity index (χ0n) is 15.2. The maximum Gasteiger partial charge on any atom is 0.194 e. The van der Waals surface area contributed by atoms with Crippen molar-refractivity contribution in [3.8, 4) is 28.3 Å². The molecule has 1 N–H and O–H groups in total. The Balaban J connectivity index is 1.58. The zero-order chi connectivity index (χ0) is 18.8. The van der Waals surface area contributed by atoms with Crippen LogP contribution in [-0.2, 0) is 0 Å². The highest BCUT2D eigenvalue weighted by atomic mass is 19.1. The molecule has 1 saturated heterocycles. The van der Waals surface area contributed by atoms with E-state index in [-0.39, 0.29) is 5.75 Å². The minimum atomic E-state index is -0.719. The lowest BCUT2D eigenvalue weighted by Crippen LogP contribution is -2.29.